The third kappa shape index (κ3) is 1.89. The minimum absolute atomic E-state index is 0. The van der Waals surface area contributed by atoms with E-state index in [0.29, 0.717) is 6.54 Å². The van der Waals surface area contributed by atoms with Gasteiger partial charge in [-0.2, -0.15) is 0 Å². The van der Waals surface area contributed by atoms with Crippen LogP contribution in [0, 0.1) is 11.3 Å². The van der Waals surface area contributed by atoms with Gasteiger partial charge in [-0.3, -0.25) is 4.79 Å². The summed E-state index contributed by atoms with van der Waals surface area (Å²) >= 11 is 0. The Morgan fingerprint density at radius 3 is 2.50 bits per heavy atom. The molecular weight excluding hydrogens is 202 g/mol. The number of carboxylic acid groups (broad SMARTS) is 1. The Hall–Kier alpha value is -0.280. The van der Waals surface area contributed by atoms with Crippen molar-refractivity contribution in [2.45, 2.75) is 32.1 Å². The fourth-order valence-electron chi connectivity index (χ4n) is 2.94. The van der Waals surface area contributed by atoms with Crippen molar-refractivity contribution in [3.63, 3.8) is 0 Å². The molecule has 0 radical (unpaired) electrons. The largest absolute Gasteiger partial charge is 0.481 e. The van der Waals surface area contributed by atoms with Crippen molar-refractivity contribution in [3.05, 3.63) is 0 Å². The number of aliphatic carboxylic acids is 1. The molecule has 1 saturated heterocycles. The first-order chi connectivity index (χ1) is 6.25. The number of carbonyl (C=O) groups is 1. The van der Waals surface area contributed by atoms with Crippen LogP contribution in [0.1, 0.15) is 32.1 Å². The fraction of sp³-hybridized carbons (Fsp3) is 0.900. The van der Waals surface area contributed by atoms with Crippen LogP contribution < -0.4 is 5.32 Å². The molecule has 2 fully saturated rings. The van der Waals surface area contributed by atoms with E-state index in [4.69, 9.17) is 5.11 Å². The van der Waals surface area contributed by atoms with Crippen molar-refractivity contribution in [3.8, 4) is 0 Å². The zero-order valence-electron chi connectivity index (χ0n) is 8.29. The zero-order valence-corrected chi connectivity index (χ0v) is 9.11. The van der Waals surface area contributed by atoms with E-state index >= 15 is 0 Å². The van der Waals surface area contributed by atoms with Gasteiger partial charge in [-0.05, 0) is 18.3 Å². The molecule has 1 unspecified atom stereocenters. The van der Waals surface area contributed by atoms with Crippen LogP contribution >= 0.6 is 12.4 Å². The summed E-state index contributed by atoms with van der Waals surface area (Å²) in [5.41, 5.74) is 0.101. The van der Waals surface area contributed by atoms with E-state index in [2.05, 4.69) is 5.32 Å². The van der Waals surface area contributed by atoms with Crippen LogP contribution in [0.4, 0.5) is 0 Å². The van der Waals surface area contributed by atoms with Gasteiger partial charge >= 0.3 is 5.97 Å². The molecule has 2 rings (SSSR count). The van der Waals surface area contributed by atoms with Crippen LogP contribution in [0.15, 0.2) is 0 Å². The van der Waals surface area contributed by atoms with Gasteiger partial charge in [0.05, 0.1) is 5.92 Å². The van der Waals surface area contributed by atoms with Crippen LogP contribution in [-0.2, 0) is 4.79 Å². The highest BCUT2D eigenvalue weighted by molar-refractivity contribution is 5.85. The Kier molecular flexibility index (Phi) is 3.78. The van der Waals surface area contributed by atoms with Crippen LogP contribution in [0.3, 0.4) is 0 Å². The van der Waals surface area contributed by atoms with E-state index in [1.54, 1.807) is 0 Å². The lowest BCUT2D eigenvalue weighted by Gasteiger charge is -2.36. The van der Waals surface area contributed by atoms with Crippen molar-refractivity contribution in [1.82, 2.24) is 5.32 Å². The zero-order chi connectivity index (χ0) is 9.31. The Morgan fingerprint density at radius 1 is 1.29 bits per heavy atom. The molecule has 1 atom stereocenters. The summed E-state index contributed by atoms with van der Waals surface area (Å²) in [5.74, 6) is -0.736. The summed E-state index contributed by atoms with van der Waals surface area (Å²) in [6.45, 7) is 1.60. The maximum Gasteiger partial charge on any atom is 0.308 e. The molecule has 1 heterocycles. The Bertz CT molecular complexity index is 214. The van der Waals surface area contributed by atoms with Crippen LogP contribution in [0.25, 0.3) is 0 Å². The van der Waals surface area contributed by atoms with E-state index in [-0.39, 0.29) is 23.7 Å². The molecule has 82 valence electrons. The highest BCUT2D eigenvalue weighted by Crippen LogP contribution is 2.44. The summed E-state index contributed by atoms with van der Waals surface area (Å²) in [6.07, 6.45) is 5.93. The lowest BCUT2D eigenvalue weighted by atomic mass is 9.68. The van der Waals surface area contributed by atoms with Gasteiger partial charge in [-0.15, -0.1) is 12.4 Å². The Morgan fingerprint density at radius 2 is 1.93 bits per heavy atom. The summed E-state index contributed by atoms with van der Waals surface area (Å²) in [7, 11) is 0. The number of carboxylic acids is 1. The van der Waals surface area contributed by atoms with Gasteiger partial charge in [0.1, 0.15) is 0 Å². The molecule has 1 aliphatic heterocycles. The average Bonchev–Trinajstić information content (AvgIpc) is 2.50. The molecule has 2 N–H and O–H groups in total. The highest BCUT2D eigenvalue weighted by atomic mass is 35.5. The molecule has 1 saturated carbocycles. The number of nitrogens with one attached hydrogen (secondary N) is 1. The van der Waals surface area contributed by atoms with Crippen molar-refractivity contribution < 1.29 is 9.90 Å². The Labute approximate surface area is 90.7 Å². The van der Waals surface area contributed by atoms with Crippen molar-refractivity contribution in [1.29, 1.82) is 0 Å². The third-order valence-electron chi connectivity index (χ3n) is 3.71. The maximum absolute atomic E-state index is 11.0. The maximum atomic E-state index is 11.0. The molecule has 3 nitrogen and oxygen atoms in total. The number of rotatable bonds is 1. The molecule has 0 aromatic carbocycles. The van der Waals surface area contributed by atoms with E-state index in [0.717, 1.165) is 19.4 Å². The average molecular weight is 220 g/mol. The molecule has 1 aliphatic carbocycles. The summed E-state index contributed by atoms with van der Waals surface area (Å²) in [6, 6.07) is 0. The molecule has 4 heteroatoms. The lowest BCUT2D eigenvalue weighted by molar-refractivity contribution is -0.145. The minimum atomic E-state index is -0.605. The van der Waals surface area contributed by atoms with Crippen LogP contribution in [-0.4, -0.2) is 24.2 Å². The van der Waals surface area contributed by atoms with E-state index in [9.17, 15) is 4.79 Å². The lowest BCUT2D eigenvalue weighted by Crippen LogP contribution is -2.36. The van der Waals surface area contributed by atoms with Gasteiger partial charge in [0, 0.05) is 13.1 Å². The van der Waals surface area contributed by atoms with E-state index < -0.39 is 5.97 Å². The quantitative estimate of drug-likeness (QED) is 0.705. The molecule has 0 aromatic heterocycles. The highest BCUT2D eigenvalue weighted by Gasteiger charge is 2.46. The van der Waals surface area contributed by atoms with Gasteiger partial charge in [-0.25, -0.2) is 0 Å². The molecule has 0 amide bonds. The first-order valence-corrected chi connectivity index (χ1v) is 5.18. The second kappa shape index (κ2) is 4.49. The van der Waals surface area contributed by atoms with Gasteiger partial charge in [0.2, 0.25) is 0 Å². The second-order valence-electron chi connectivity index (χ2n) is 4.44. The molecule has 0 aromatic rings. The fourth-order valence-corrected chi connectivity index (χ4v) is 2.94. The van der Waals surface area contributed by atoms with Crippen molar-refractivity contribution >= 4 is 18.4 Å². The van der Waals surface area contributed by atoms with Crippen LogP contribution in [0.5, 0.6) is 0 Å². The first kappa shape index (κ1) is 11.8. The topological polar surface area (TPSA) is 49.3 Å². The monoisotopic (exact) mass is 219 g/mol. The SMILES string of the molecule is Cl.O=C(O)C1CNCC12CCCCC2. The van der Waals surface area contributed by atoms with E-state index in [1.807, 2.05) is 0 Å². The first-order valence-electron chi connectivity index (χ1n) is 5.18. The summed E-state index contributed by atoms with van der Waals surface area (Å²) in [4.78, 5) is 11.0. The number of hydrogen-bond acceptors (Lipinski definition) is 2. The van der Waals surface area contributed by atoms with Crippen molar-refractivity contribution in [2.75, 3.05) is 13.1 Å². The second-order valence-corrected chi connectivity index (χ2v) is 4.44. The molecule has 0 bridgehead atoms. The predicted octanol–water partition coefficient (Wildman–Crippen LogP) is 1.66. The number of halogens is 1. The van der Waals surface area contributed by atoms with Gasteiger partial charge in [0.15, 0.2) is 0 Å². The number of hydrogen-bond donors (Lipinski definition) is 2. The molecular formula is C10H18ClNO2. The predicted molar refractivity (Wildman–Crippen MR) is 56.8 cm³/mol. The molecule has 1 spiro atoms. The van der Waals surface area contributed by atoms with Crippen molar-refractivity contribution in [2.24, 2.45) is 11.3 Å². The molecule has 2 aliphatic rings. The summed E-state index contributed by atoms with van der Waals surface area (Å²) in [5, 5.41) is 12.3. The van der Waals surface area contributed by atoms with E-state index in [1.165, 1.54) is 19.3 Å². The third-order valence-corrected chi connectivity index (χ3v) is 3.71. The minimum Gasteiger partial charge on any atom is -0.481 e. The standard InChI is InChI=1S/C10H17NO2.ClH/c12-9(13)8-6-11-7-10(8)4-2-1-3-5-10;/h8,11H,1-7H2,(H,12,13);1H. The van der Waals surface area contributed by atoms with Gasteiger partial charge < -0.3 is 10.4 Å². The van der Waals surface area contributed by atoms with Crippen LogP contribution in [0.2, 0.25) is 0 Å². The normalized spacial score (nSPS) is 29.9. The van der Waals surface area contributed by atoms with Gasteiger partial charge in [-0.1, -0.05) is 19.3 Å². The molecule has 14 heavy (non-hydrogen) atoms. The smallest absolute Gasteiger partial charge is 0.308 e. The van der Waals surface area contributed by atoms with Gasteiger partial charge in [0.25, 0.3) is 0 Å². The Balaban J connectivity index is 0.000000980. The summed E-state index contributed by atoms with van der Waals surface area (Å²) < 4.78 is 0.